The summed E-state index contributed by atoms with van der Waals surface area (Å²) >= 11 is 0. The minimum Gasteiger partial charge on any atom is -0.456 e. The minimum atomic E-state index is -0.700. The maximum absolute atomic E-state index is 12.0. The quantitative estimate of drug-likeness (QED) is 0.552. The Labute approximate surface area is 143 Å². The SMILES string of the molecule is O=C(CNC(=O)c1ccccc1)OCC(=O)c1cc2ccccc2o1. The van der Waals surface area contributed by atoms with E-state index in [1.165, 1.54) is 0 Å². The van der Waals surface area contributed by atoms with E-state index in [-0.39, 0.29) is 18.2 Å². The number of fused-ring (bicyclic) bond motifs is 1. The summed E-state index contributed by atoms with van der Waals surface area (Å²) in [5.74, 6) is -1.41. The number of para-hydroxylation sites is 1. The van der Waals surface area contributed by atoms with Gasteiger partial charge >= 0.3 is 5.97 Å². The van der Waals surface area contributed by atoms with Crippen LogP contribution in [0.5, 0.6) is 0 Å². The molecule has 1 aromatic heterocycles. The molecule has 3 rings (SSSR count). The molecule has 0 aliphatic rings. The number of amides is 1. The maximum Gasteiger partial charge on any atom is 0.325 e. The number of rotatable bonds is 6. The van der Waals surface area contributed by atoms with Crippen molar-refractivity contribution in [3.05, 3.63) is 72.0 Å². The molecule has 0 radical (unpaired) electrons. The molecule has 1 heterocycles. The third-order valence-corrected chi connectivity index (χ3v) is 3.49. The van der Waals surface area contributed by atoms with Gasteiger partial charge in [0.1, 0.15) is 12.1 Å². The van der Waals surface area contributed by atoms with Gasteiger partial charge in [0.15, 0.2) is 12.4 Å². The minimum absolute atomic E-state index is 0.127. The van der Waals surface area contributed by atoms with Crippen LogP contribution in [-0.4, -0.2) is 30.8 Å². The fraction of sp³-hybridized carbons (Fsp3) is 0.105. The summed E-state index contributed by atoms with van der Waals surface area (Å²) in [6.45, 7) is -0.763. The van der Waals surface area contributed by atoms with Crippen LogP contribution in [0.2, 0.25) is 0 Å². The average Bonchev–Trinajstić information content (AvgIpc) is 3.09. The van der Waals surface area contributed by atoms with Gasteiger partial charge in [-0.15, -0.1) is 0 Å². The number of esters is 1. The summed E-state index contributed by atoms with van der Waals surface area (Å²) in [4.78, 5) is 35.5. The zero-order chi connectivity index (χ0) is 17.6. The van der Waals surface area contributed by atoms with Gasteiger partial charge in [0.25, 0.3) is 5.91 Å². The van der Waals surface area contributed by atoms with Gasteiger partial charge in [-0.2, -0.15) is 0 Å². The number of carbonyl (C=O) groups is 3. The monoisotopic (exact) mass is 337 g/mol. The molecule has 0 saturated heterocycles. The molecule has 0 unspecified atom stereocenters. The lowest BCUT2D eigenvalue weighted by atomic mass is 10.2. The molecule has 0 fully saturated rings. The van der Waals surface area contributed by atoms with Crippen molar-refractivity contribution < 1.29 is 23.5 Å². The van der Waals surface area contributed by atoms with Crippen LogP contribution in [0.4, 0.5) is 0 Å². The molecule has 1 N–H and O–H groups in total. The van der Waals surface area contributed by atoms with Crippen molar-refractivity contribution in [3.63, 3.8) is 0 Å². The van der Waals surface area contributed by atoms with Gasteiger partial charge in [-0.05, 0) is 24.3 Å². The highest BCUT2D eigenvalue weighted by Crippen LogP contribution is 2.19. The van der Waals surface area contributed by atoms with Crippen LogP contribution in [0.3, 0.4) is 0 Å². The molecule has 0 atom stereocenters. The van der Waals surface area contributed by atoms with Crippen molar-refractivity contribution in [1.29, 1.82) is 0 Å². The van der Waals surface area contributed by atoms with Crippen molar-refractivity contribution in [1.82, 2.24) is 5.32 Å². The van der Waals surface area contributed by atoms with E-state index >= 15 is 0 Å². The number of Topliss-reactive ketones (excluding diaryl/α,β-unsaturated/α-hetero) is 1. The molecular formula is C19H15NO5. The molecule has 126 valence electrons. The van der Waals surface area contributed by atoms with Gasteiger partial charge in [-0.3, -0.25) is 14.4 Å². The summed E-state index contributed by atoms with van der Waals surface area (Å²) in [5, 5.41) is 3.23. The topological polar surface area (TPSA) is 85.6 Å². The van der Waals surface area contributed by atoms with Crippen LogP contribution in [0.25, 0.3) is 11.0 Å². The molecule has 0 spiro atoms. The Morgan fingerprint density at radius 1 is 0.960 bits per heavy atom. The molecule has 25 heavy (non-hydrogen) atoms. The Hall–Kier alpha value is -3.41. The van der Waals surface area contributed by atoms with E-state index in [9.17, 15) is 14.4 Å². The second-order valence-corrected chi connectivity index (χ2v) is 5.28. The van der Waals surface area contributed by atoms with E-state index in [0.717, 1.165) is 5.39 Å². The molecule has 3 aromatic rings. The number of ketones is 1. The summed E-state index contributed by atoms with van der Waals surface area (Å²) in [6, 6.07) is 17.3. The molecule has 0 saturated carbocycles. The number of ether oxygens (including phenoxy) is 1. The highest BCUT2D eigenvalue weighted by molar-refractivity contribution is 5.99. The van der Waals surface area contributed by atoms with E-state index in [1.54, 1.807) is 48.5 Å². The van der Waals surface area contributed by atoms with Crippen molar-refractivity contribution in [2.75, 3.05) is 13.2 Å². The second kappa shape index (κ2) is 7.44. The van der Waals surface area contributed by atoms with Gasteiger partial charge in [-0.25, -0.2) is 0 Å². The summed E-state index contributed by atoms with van der Waals surface area (Å²) in [6.07, 6.45) is 0. The van der Waals surface area contributed by atoms with Crippen LogP contribution in [0.1, 0.15) is 20.9 Å². The van der Waals surface area contributed by atoms with Crippen LogP contribution in [0.15, 0.2) is 65.1 Å². The molecule has 6 heteroatoms. The van der Waals surface area contributed by atoms with E-state index < -0.39 is 18.4 Å². The number of benzene rings is 2. The average molecular weight is 337 g/mol. The van der Waals surface area contributed by atoms with Crippen LogP contribution < -0.4 is 5.32 Å². The van der Waals surface area contributed by atoms with Gasteiger partial charge in [0.2, 0.25) is 5.78 Å². The third-order valence-electron chi connectivity index (χ3n) is 3.49. The Morgan fingerprint density at radius 3 is 2.44 bits per heavy atom. The fourth-order valence-corrected chi connectivity index (χ4v) is 2.23. The zero-order valence-electron chi connectivity index (χ0n) is 13.2. The lowest BCUT2D eigenvalue weighted by Crippen LogP contribution is -2.31. The van der Waals surface area contributed by atoms with Gasteiger partial charge < -0.3 is 14.5 Å². The molecule has 0 aliphatic heterocycles. The Balaban J connectivity index is 1.48. The van der Waals surface area contributed by atoms with Crippen LogP contribution in [0, 0.1) is 0 Å². The predicted molar refractivity (Wildman–Crippen MR) is 90.3 cm³/mol. The fourth-order valence-electron chi connectivity index (χ4n) is 2.23. The molecule has 0 bridgehead atoms. The maximum atomic E-state index is 12.0. The first-order valence-corrected chi connectivity index (χ1v) is 7.64. The first-order chi connectivity index (χ1) is 12.1. The third kappa shape index (κ3) is 4.11. The largest absolute Gasteiger partial charge is 0.456 e. The molecule has 0 aliphatic carbocycles. The lowest BCUT2D eigenvalue weighted by molar-refractivity contribution is -0.141. The first-order valence-electron chi connectivity index (χ1n) is 7.64. The summed E-state index contributed by atoms with van der Waals surface area (Å²) in [7, 11) is 0. The highest BCUT2D eigenvalue weighted by Gasteiger charge is 2.15. The molecule has 6 nitrogen and oxygen atoms in total. The molecule has 2 aromatic carbocycles. The number of carbonyl (C=O) groups excluding carboxylic acids is 3. The van der Waals surface area contributed by atoms with Crippen molar-refractivity contribution in [2.24, 2.45) is 0 Å². The first kappa shape index (κ1) is 16.4. The smallest absolute Gasteiger partial charge is 0.325 e. The molecule has 1 amide bonds. The van der Waals surface area contributed by atoms with Gasteiger partial charge in [0, 0.05) is 10.9 Å². The van der Waals surface area contributed by atoms with E-state index in [2.05, 4.69) is 5.32 Å². The van der Waals surface area contributed by atoms with E-state index in [1.807, 2.05) is 12.1 Å². The second-order valence-electron chi connectivity index (χ2n) is 5.28. The number of nitrogens with one attached hydrogen (secondary N) is 1. The van der Waals surface area contributed by atoms with Crippen molar-refractivity contribution >= 4 is 28.6 Å². The molecular weight excluding hydrogens is 322 g/mol. The van der Waals surface area contributed by atoms with Crippen molar-refractivity contribution in [2.45, 2.75) is 0 Å². The van der Waals surface area contributed by atoms with E-state index in [0.29, 0.717) is 11.1 Å². The number of furan rings is 1. The van der Waals surface area contributed by atoms with Crippen LogP contribution >= 0.6 is 0 Å². The summed E-state index contributed by atoms with van der Waals surface area (Å²) in [5.41, 5.74) is 1.03. The Kier molecular flexibility index (Phi) is 4.89. The van der Waals surface area contributed by atoms with Crippen LogP contribution in [-0.2, 0) is 9.53 Å². The normalized spacial score (nSPS) is 10.4. The number of hydrogen-bond donors (Lipinski definition) is 1. The van der Waals surface area contributed by atoms with E-state index in [4.69, 9.17) is 9.15 Å². The van der Waals surface area contributed by atoms with Crippen molar-refractivity contribution in [3.8, 4) is 0 Å². The lowest BCUT2D eigenvalue weighted by Gasteiger charge is -2.05. The Morgan fingerprint density at radius 2 is 1.68 bits per heavy atom. The Bertz CT molecular complexity index is 881. The zero-order valence-corrected chi connectivity index (χ0v) is 13.2. The highest BCUT2D eigenvalue weighted by atomic mass is 16.5. The number of hydrogen-bond acceptors (Lipinski definition) is 5. The summed E-state index contributed by atoms with van der Waals surface area (Å²) < 4.78 is 10.3. The predicted octanol–water partition coefficient (Wildman–Crippen LogP) is 2.59. The van der Waals surface area contributed by atoms with Gasteiger partial charge in [-0.1, -0.05) is 36.4 Å². The van der Waals surface area contributed by atoms with Gasteiger partial charge in [0.05, 0.1) is 0 Å². The standard InChI is InChI=1S/C19H15NO5/c21-15(17-10-14-8-4-5-9-16(14)25-17)12-24-18(22)11-20-19(23)13-6-2-1-3-7-13/h1-10H,11-12H2,(H,20,23).